The molecule has 180 valence electrons. The van der Waals surface area contributed by atoms with Crippen molar-refractivity contribution in [3.63, 3.8) is 0 Å². The Morgan fingerprint density at radius 1 is 1.11 bits per heavy atom. The van der Waals surface area contributed by atoms with Gasteiger partial charge >= 0.3 is 0 Å². The third-order valence-corrected chi connectivity index (χ3v) is 7.89. The van der Waals surface area contributed by atoms with E-state index >= 15 is 0 Å². The third kappa shape index (κ3) is 5.34. The van der Waals surface area contributed by atoms with Crippen molar-refractivity contribution in [3.05, 3.63) is 83.2 Å². The summed E-state index contributed by atoms with van der Waals surface area (Å²) in [5.41, 5.74) is 5.14. The average Bonchev–Trinajstić information content (AvgIpc) is 3.45. The Hall–Kier alpha value is -3.34. The highest BCUT2D eigenvalue weighted by molar-refractivity contribution is 7.92. The minimum absolute atomic E-state index is 0.182. The molecule has 3 aromatic carbocycles. The van der Waals surface area contributed by atoms with Gasteiger partial charge in [-0.25, -0.2) is 17.8 Å². The van der Waals surface area contributed by atoms with Crippen molar-refractivity contribution in [1.29, 1.82) is 0 Å². The Balaban J connectivity index is 1.19. The monoisotopic (exact) mass is 510 g/mol. The standard InChI is InChI=1S/C25H23FN4O3S2/c1-30(11-3-6-22-21-9-7-18(26)13-24(21)33-28-22)15-17-4-2-5-19(12-17)29-35(31,32)20-8-10-25-23(14-20)27-16-34-25/h2,4-5,7-10,12-14,16,29H,3,6,11,15H2,1H3. The van der Waals surface area contributed by atoms with Gasteiger partial charge in [0.1, 0.15) is 5.82 Å². The van der Waals surface area contributed by atoms with Gasteiger partial charge in [-0.3, -0.25) is 4.72 Å². The number of halogens is 1. The molecule has 2 heterocycles. The molecule has 0 fully saturated rings. The van der Waals surface area contributed by atoms with Crippen molar-refractivity contribution in [2.45, 2.75) is 24.3 Å². The van der Waals surface area contributed by atoms with Crippen molar-refractivity contribution in [3.8, 4) is 0 Å². The highest BCUT2D eigenvalue weighted by Gasteiger charge is 2.16. The Morgan fingerprint density at radius 2 is 2.00 bits per heavy atom. The molecule has 0 radical (unpaired) electrons. The lowest BCUT2D eigenvalue weighted by Gasteiger charge is -2.17. The van der Waals surface area contributed by atoms with Gasteiger partial charge in [-0.05, 0) is 74.5 Å². The Kier molecular flexibility index (Phi) is 6.50. The zero-order valence-electron chi connectivity index (χ0n) is 18.9. The number of hydrogen-bond acceptors (Lipinski definition) is 7. The number of anilines is 1. The molecule has 0 spiro atoms. The highest BCUT2D eigenvalue weighted by Crippen LogP contribution is 2.24. The number of nitrogens with one attached hydrogen (secondary N) is 1. The van der Waals surface area contributed by atoms with E-state index in [0.717, 1.165) is 34.3 Å². The molecule has 1 N–H and O–H groups in total. The largest absolute Gasteiger partial charge is 0.356 e. The minimum Gasteiger partial charge on any atom is -0.356 e. The Morgan fingerprint density at radius 3 is 2.89 bits per heavy atom. The average molecular weight is 511 g/mol. The number of rotatable bonds is 9. The first-order chi connectivity index (χ1) is 16.9. The SMILES string of the molecule is CN(CCCc1noc2cc(F)ccc12)Cc1cccc(NS(=O)(=O)c2ccc3scnc3c2)c1. The van der Waals surface area contributed by atoms with E-state index in [4.69, 9.17) is 4.52 Å². The number of hydrogen-bond donors (Lipinski definition) is 1. The molecule has 0 aliphatic heterocycles. The highest BCUT2D eigenvalue weighted by atomic mass is 32.2. The summed E-state index contributed by atoms with van der Waals surface area (Å²) in [6.45, 7) is 1.46. The fourth-order valence-corrected chi connectivity index (χ4v) is 5.73. The van der Waals surface area contributed by atoms with Gasteiger partial charge in [0.05, 0.1) is 26.3 Å². The minimum atomic E-state index is -3.73. The van der Waals surface area contributed by atoms with Crippen molar-refractivity contribution < 1.29 is 17.3 Å². The van der Waals surface area contributed by atoms with Crippen LogP contribution in [0.3, 0.4) is 0 Å². The second-order valence-electron chi connectivity index (χ2n) is 8.40. The number of sulfonamides is 1. The molecule has 5 rings (SSSR count). The maximum atomic E-state index is 13.3. The second kappa shape index (κ2) is 9.73. The van der Waals surface area contributed by atoms with E-state index in [2.05, 4.69) is 19.8 Å². The fourth-order valence-electron chi connectivity index (χ4n) is 4.00. The van der Waals surface area contributed by atoms with Crippen LogP contribution in [0.25, 0.3) is 21.2 Å². The van der Waals surface area contributed by atoms with Crippen molar-refractivity contribution in [1.82, 2.24) is 15.0 Å². The summed E-state index contributed by atoms with van der Waals surface area (Å²) < 4.78 is 47.9. The molecule has 0 aliphatic carbocycles. The summed E-state index contributed by atoms with van der Waals surface area (Å²) in [5.74, 6) is -0.343. The summed E-state index contributed by atoms with van der Waals surface area (Å²) in [6, 6.07) is 16.8. The predicted octanol–water partition coefficient (Wildman–Crippen LogP) is 5.44. The van der Waals surface area contributed by atoms with Crippen LogP contribution in [-0.4, -0.2) is 37.1 Å². The van der Waals surface area contributed by atoms with Gasteiger partial charge in [-0.1, -0.05) is 17.3 Å². The number of nitrogens with zero attached hydrogens (tertiary/aromatic N) is 3. The van der Waals surface area contributed by atoms with Gasteiger partial charge in [-0.2, -0.15) is 0 Å². The molecule has 10 heteroatoms. The van der Waals surface area contributed by atoms with E-state index in [-0.39, 0.29) is 10.7 Å². The molecule has 2 aromatic heterocycles. The summed E-state index contributed by atoms with van der Waals surface area (Å²) in [5, 5.41) is 4.91. The zero-order chi connectivity index (χ0) is 24.4. The first-order valence-corrected chi connectivity index (χ1v) is 13.4. The summed E-state index contributed by atoms with van der Waals surface area (Å²) in [4.78, 5) is 6.54. The molecule has 0 amide bonds. The first-order valence-electron chi connectivity index (χ1n) is 11.0. The Labute approximate surface area is 206 Å². The van der Waals surface area contributed by atoms with Gasteiger partial charge < -0.3 is 9.42 Å². The molecule has 0 unspecified atom stereocenters. The molecule has 0 aliphatic rings. The number of thiazole rings is 1. The van der Waals surface area contributed by atoms with Crippen LogP contribution in [0.2, 0.25) is 0 Å². The second-order valence-corrected chi connectivity index (χ2v) is 11.0. The number of aryl methyl sites for hydroxylation is 1. The topological polar surface area (TPSA) is 88.3 Å². The van der Waals surface area contributed by atoms with E-state index in [1.165, 1.54) is 23.5 Å². The molecule has 0 atom stereocenters. The van der Waals surface area contributed by atoms with Gasteiger partial charge in [0.25, 0.3) is 10.0 Å². The van der Waals surface area contributed by atoms with Gasteiger partial charge in [0.15, 0.2) is 5.58 Å². The van der Waals surface area contributed by atoms with Crippen LogP contribution in [0.1, 0.15) is 17.7 Å². The van der Waals surface area contributed by atoms with Crippen molar-refractivity contribution >= 4 is 48.2 Å². The van der Waals surface area contributed by atoms with E-state index < -0.39 is 10.0 Å². The van der Waals surface area contributed by atoms with E-state index in [9.17, 15) is 12.8 Å². The number of fused-ring (bicyclic) bond motifs is 2. The molecule has 0 saturated heterocycles. The molecule has 7 nitrogen and oxygen atoms in total. The van der Waals surface area contributed by atoms with Gasteiger partial charge in [-0.15, -0.1) is 11.3 Å². The summed E-state index contributed by atoms with van der Waals surface area (Å²) in [7, 11) is -1.72. The fraction of sp³-hybridized carbons (Fsp3) is 0.200. The zero-order valence-corrected chi connectivity index (χ0v) is 20.6. The van der Waals surface area contributed by atoms with Crippen LogP contribution in [0.5, 0.6) is 0 Å². The first kappa shape index (κ1) is 23.4. The number of aromatic nitrogens is 2. The van der Waals surface area contributed by atoms with Crippen LogP contribution in [0, 0.1) is 5.82 Å². The normalized spacial score (nSPS) is 12.1. The molecular weight excluding hydrogens is 487 g/mol. The maximum Gasteiger partial charge on any atom is 0.261 e. The maximum absolute atomic E-state index is 13.3. The van der Waals surface area contributed by atoms with E-state index in [1.807, 2.05) is 25.2 Å². The van der Waals surface area contributed by atoms with E-state index in [0.29, 0.717) is 29.8 Å². The lowest BCUT2D eigenvalue weighted by Crippen LogP contribution is -2.20. The molecule has 0 bridgehead atoms. The van der Waals surface area contributed by atoms with Gasteiger partial charge in [0, 0.05) is 23.7 Å². The lowest BCUT2D eigenvalue weighted by atomic mass is 10.1. The van der Waals surface area contributed by atoms with Crippen LogP contribution in [0.4, 0.5) is 10.1 Å². The molecule has 35 heavy (non-hydrogen) atoms. The van der Waals surface area contributed by atoms with Gasteiger partial charge in [0.2, 0.25) is 0 Å². The molecule has 0 saturated carbocycles. The van der Waals surface area contributed by atoms with E-state index in [1.54, 1.807) is 35.8 Å². The summed E-state index contributed by atoms with van der Waals surface area (Å²) >= 11 is 1.47. The van der Waals surface area contributed by atoms with Crippen LogP contribution < -0.4 is 4.72 Å². The van der Waals surface area contributed by atoms with Crippen LogP contribution in [-0.2, 0) is 23.0 Å². The lowest BCUT2D eigenvalue weighted by molar-refractivity contribution is 0.320. The van der Waals surface area contributed by atoms with Crippen LogP contribution >= 0.6 is 11.3 Å². The third-order valence-electron chi connectivity index (χ3n) is 5.71. The quantitative estimate of drug-likeness (QED) is 0.284. The summed E-state index contributed by atoms with van der Waals surface area (Å²) in [6.07, 6.45) is 1.56. The van der Waals surface area contributed by atoms with Crippen molar-refractivity contribution in [2.75, 3.05) is 18.3 Å². The molecule has 5 aromatic rings. The smallest absolute Gasteiger partial charge is 0.261 e. The van der Waals surface area contributed by atoms with Crippen LogP contribution in [0.15, 0.2) is 75.6 Å². The van der Waals surface area contributed by atoms with Crippen molar-refractivity contribution in [2.24, 2.45) is 0 Å². The Bertz CT molecular complexity index is 1600. The number of benzene rings is 3. The molecular formula is C25H23FN4O3S2. The predicted molar refractivity (Wildman–Crippen MR) is 135 cm³/mol.